The maximum absolute atomic E-state index is 13.6. The number of carbonyl (C=O) groups is 1. The van der Waals surface area contributed by atoms with Crippen molar-refractivity contribution in [2.45, 2.75) is 18.7 Å². The first-order valence-corrected chi connectivity index (χ1v) is 7.84. The number of hydrogen-bond donors (Lipinski definition) is 1. The highest BCUT2D eigenvalue weighted by Gasteiger charge is 2.17. The molecule has 0 fully saturated rings. The van der Waals surface area contributed by atoms with Gasteiger partial charge in [0.1, 0.15) is 11.6 Å². The van der Waals surface area contributed by atoms with Gasteiger partial charge >= 0.3 is 0 Å². The molecule has 0 aliphatic carbocycles. The summed E-state index contributed by atoms with van der Waals surface area (Å²) in [7, 11) is 0. The standard InChI is InChI=1S/C16H16F2N2OS/c1-11(16-13(17)5-2-6-14(16)18)22-10-15(21)20-9-12-4-3-7-19-8-12/h2-8,11H,9-10H2,1H3,(H,20,21)/t11-/m0/s1. The molecule has 1 heterocycles. The zero-order chi connectivity index (χ0) is 15.9. The van der Waals surface area contributed by atoms with Gasteiger partial charge in [0.05, 0.1) is 5.75 Å². The molecular weight excluding hydrogens is 306 g/mol. The summed E-state index contributed by atoms with van der Waals surface area (Å²) in [6.45, 7) is 2.07. The second-order valence-corrected chi connectivity index (χ2v) is 6.06. The monoisotopic (exact) mass is 322 g/mol. The maximum atomic E-state index is 13.6. The summed E-state index contributed by atoms with van der Waals surface area (Å²) >= 11 is 1.19. The van der Waals surface area contributed by atoms with Crippen LogP contribution in [0.1, 0.15) is 23.3 Å². The normalized spacial score (nSPS) is 12.0. The number of amides is 1. The molecule has 1 amide bonds. The van der Waals surface area contributed by atoms with E-state index in [-0.39, 0.29) is 17.2 Å². The number of nitrogens with one attached hydrogen (secondary N) is 1. The van der Waals surface area contributed by atoms with E-state index in [1.165, 1.54) is 30.0 Å². The van der Waals surface area contributed by atoms with E-state index in [2.05, 4.69) is 10.3 Å². The summed E-state index contributed by atoms with van der Waals surface area (Å²) < 4.78 is 27.3. The fraction of sp³-hybridized carbons (Fsp3) is 0.250. The van der Waals surface area contributed by atoms with Crippen molar-refractivity contribution in [2.24, 2.45) is 0 Å². The Bertz CT molecular complexity index is 617. The van der Waals surface area contributed by atoms with Crippen LogP contribution in [0, 0.1) is 11.6 Å². The molecule has 2 aromatic rings. The second kappa shape index (κ2) is 7.89. The maximum Gasteiger partial charge on any atom is 0.230 e. The lowest BCUT2D eigenvalue weighted by molar-refractivity contribution is -0.118. The van der Waals surface area contributed by atoms with E-state index < -0.39 is 16.9 Å². The third-order valence-electron chi connectivity index (χ3n) is 3.08. The zero-order valence-corrected chi connectivity index (χ0v) is 12.9. The van der Waals surface area contributed by atoms with Gasteiger partial charge in [0.2, 0.25) is 5.91 Å². The van der Waals surface area contributed by atoms with E-state index in [1.54, 1.807) is 25.4 Å². The molecule has 6 heteroatoms. The number of rotatable bonds is 6. The summed E-state index contributed by atoms with van der Waals surface area (Å²) in [6, 6.07) is 7.42. The van der Waals surface area contributed by atoms with E-state index in [9.17, 15) is 13.6 Å². The van der Waals surface area contributed by atoms with Crippen molar-refractivity contribution in [1.29, 1.82) is 0 Å². The Labute approximate surface area is 132 Å². The number of halogens is 2. The molecule has 1 atom stereocenters. The van der Waals surface area contributed by atoms with Crippen LogP contribution in [0.4, 0.5) is 8.78 Å². The van der Waals surface area contributed by atoms with Gasteiger partial charge in [-0.1, -0.05) is 12.1 Å². The van der Waals surface area contributed by atoms with Gasteiger partial charge in [-0.05, 0) is 30.7 Å². The third kappa shape index (κ3) is 4.53. The molecule has 116 valence electrons. The Hall–Kier alpha value is -1.95. The van der Waals surface area contributed by atoms with Gasteiger partial charge in [-0.25, -0.2) is 8.78 Å². The predicted molar refractivity (Wildman–Crippen MR) is 83.3 cm³/mol. The Morgan fingerprint density at radius 1 is 1.27 bits per heavy atom. The average Bonchev–Trinajstić information content (AvgIpc) is 2.52. The van der Waals surface area contributed by atoms with Crippen molar-refractivity contribution in [3.63, 3.8) is 0 Å². The number of benzene rings is 1. The number of carbonyl (C=O) groups excluding carboxylic acids is 1. The first kappa shape index (κ1) is 16.4. The number of thioether (sulfide) groups is 1. The summed E-state index contributed by atoms with van der Waals surface area (Å²) in [4.78, 5) is 15.7. The highest BCUT2D eigenvalue weighted by atomic mass is 32.2. The molecule has 3 nitrogen and oxygen atoms in total. The SMILES string of the molecule is C[C@H](SCC(=O)NCc1cccnc1)c1c(F)cccc1F. The molecule has 0 unspecified atom stereocenters. The third-order valence-corrected chi connectivity index (χ3v) is 4.25. The van der Waals surface area contributed by atoms with Gasteiger partial charge in [0.15, 0.2) is 0 Å². The zero-order valence-electron chi connectivity index (χ0n) is 12.1. The van der Waals surface area contributed by atoms with Crippen LogP contribution < -0.4 is 5.32 Å². The minimum absolute atomic E-state index is 0.00700. The van der Waals surface area contributed by atoms with E-state index in [0.717, 1.165) is 5.56 Å². The Balaban J connectivity index is 1.83. The van der Waals surface area contributed by atoms with Gasteiger partial charge in [-0.2, -0.15) is 0 Å². The topological polar surface area (TPSA) is 42.0 Å². The summed E-state index contributed by atoms with van der Waals surface area (Å²) in [5.41, 5.74) is 0.904. The van der Waals surface area contributed by atoms with Crippen LogP contribution in [-0.2, 0) is 11.3 Å². The summed E-state index contributed by atoms with van der Waals surface area (Å²) in [5.74, 6) is -1.22. The number of pyridine rings is 1. The van der Waals surface area contributed by atoms with E-state index >= 15 is 0 Å². The van der Waals surface area contributed by atoms with Gasteiger partial charge in [-0.15, -0.1) is 11.8 Å². The van der Waals surface area contributed by atoms with Crippen molar-refractivity contribution >= 4 is 17.7 Å². The predicted octanol–water partition coefficient (Wildman–Crippen LogP) is 3.47. The Morgan fingerprint density at radius 2 is 2.00 bits per heavy atom. The lowest BCUT2D eigenvalue weighted by atomic mass is 10.1. The fourth-order valence-electron chi connectivity index (χ4n) is 1.94. The summed E-state index contributed by atoms with van der Waals surface area (Å²) in [6.07, 6.45) is 3.33. The average molecular weight is 322 g/mol. The van der Waals surface area contributed by atoms with Crippen molar-refractivity contribution in [2.75, 3.05) is 5.75 Å². The molecule has 0 saturated carbocycles. The smallest absolute Gasteiger partial charge is 0.230 e. The molecule has 0 radical (unpaired) electrons. The van der Waals surface area contributed by atoms with E-state index in [0.29, 0.717) is 6.54 Å². The highest BCUT2D eigenvalue weighted by Crippen LogP contribution is 2.31. The lowest BCUT2D eigenvalue weighted by Gasteiger charge is -2.13. The van der Waals surface area contributed by atoms with Gasteiger partial charge < -0.3 is 5.32 Å². The Kier molecular flexibility index (Phi) is 5.89. The molecule has 0 aliphatic rings. The van der Waals surface area contributed by atoms with Crippen LogP contribution in [0.3, 0.4) is 0 Å². The number of hydrogen-bond acceptors (Lipinski definition) is 3. The molecule has 0 saturated heterocycles. The van der Waals surface area contributed by atoms with Crippen molar-refractivity contribution < 1.29 is 13.6 Å². The number of nitrogens with zero attached hydrogens (tertiary/aromatic N) is 1. The molecule has 1 N–H and O–H groups in total. The molecule has 0 bridgehead atoms. The highest BCUT2D eigenvalue weighted by molar-refractivity contribution is 8.00. The van der Waals surface area contributed by atoms with Gasteiger partial charge in [-0.3, -0.25) is 9.78 Å². The van der Waals surface area contributed by atoms with Gasteiger partial charge in [0, 0.05) is 29.8 Å². The minimum atomic E-state index is -0.587. The largest absolute Gasteiger partial charge is 0.351 e. The van der Waals surface area contributed by atoms with Crippen molar-refractivity contribution in [3.05, 3.63) is 65.5 Å². The van der Waals surface area contributed by atoms with E-state index in [1.807, 2.05) is 6.07 Å². The first-order chi connectivity index (χ1) is 10.6. The van der Waals surface area contributed by atoms with Crippen LogP contribution >= 0.6 is 11.8 Å². The molecule has 0 spiro atoms. The van der Waals surface area contributed by atoms with E-state index in [4.69, 9.17) is 0 Å². The lowest BCUT2D eigenvalue weighted by Crippen LogP contribution is -2.25. The molecule has 1 aromatic heterocycles. The quantitative estimate of drug-likeness (QED) is 0.885. The molecule has 1 aromatic carbocycles. The van der Waals surface area contributed by atoms with Crippen LogP contribution in [0.15, 0.2) is 42.7 Å². The van der Waals surface area contributed by atoms with Gasteiger partial charge in [0.25, 0.3) is 0 Å². The molecule has 0 aliphatic heterocycles. The van der Waals surface area contributed by atoms with Crippen LogP contribution in [0.25, 0.3) is 0 Å². The van der Waals surface area contributed by atoms with Crippen molar-refractivity contribution in [3.8, 4) is 0 Å². The van der Waals surface area contributed by atoms with Crippen LogP contribution in [-0.4, -0.2) is 16.6 Å². The first-order valence-electron chi connectivity index (χ1n) is 6.79. The van der Waals surface area contributed by atoms with Crippen LogP contribution in [0.2, 0.25) is 0 Å². The van der Waals surface area contributed by atoms with Crippen LogP contribution in [0.5, 0.6) is 0 Å². The molecule has 22 heavy (non-hydrogen) atoms. The minimum Gasteiger partial charge on any atom is -0.351 e. The fourth-order valence-corrected chi connectivity index (χ4v) is 2.83. The number of aromatic nitrogens is 1. The van der Waals surface area contributed by atoms with Crippen molar-refractivity contribution in [1.82, 2.24) is 10.3 Å². The second-order valence-electron chi connectivity index (χ2n) is 4.73. The Morgan fingerprint density at radius 3 is 2.64 bits per heavy atom. The summed E-state index contributed by atoms with van der Waals surface area (Å²) in [5, 5.41) is 2.31. The molecular formula is C16H16F2N2OS. The molecule has 2 rings (SSSR count).